The van der Waals surface area contributed by atoms with Gasteiger partial charge in [-0.05, 0) is 31.0 Å². The Morgan fingerprint density at radius 1 is 1.50 bits per heavy atom. The second-order valence-corrected chi connectivity index (χ2v) is 5.02. The van der Waals surface area contributed by atoms with Gasteiger partial charge >= 0.3 is 0 Å². The topological polar surface area (TPSA) is 75.0 Å². The Labute approximate surface area is 115 Å². The van der Waals surface area contributed by atoms with Crippen LogP contribution in [0, 0.1) is 5.82 Å². The third-order valence-corrected chi connectivity index (χ3v) is 3.52. The van der Waals surface area contributed by atoms with Crippen molar-refractivity contribution in [2.24, 2.45) is 0 Å². The van der Waals surface area contributed by atoms with Crippen LogP contribution in [0.1, 0.15) is 34.9 Å². The van der Waals surface area contributed by atoms with Gasteiger partial charge in [0.1, 0.15) is 5.82 Å². The summed E-state index contributed by atoms with van der Waals surface area (Å²) in [6.45, 7) is 0. The van der Waals surface area contributed by atoms with Crippen LogP contribution in [0.25, 0.3) is 0 Å². The van der Waals surface area contributed by atoms with Crippen LogP contribution in [0.3, 0.4) is 0 Å². The van der Waals surface area contributed by atoms with Crippen molar-refractivity contribution in [3.8, 4) is 0 Å². The van der Waals surface area contributed by atoms with Crippen LogP contribution in [-0.2, 0) is 0 Å². The highest BCUT2D eigenvalue weighted by Crippen LogP contribution is 2.42. The monoisotopic (exact) mass is 274 g/mol. The standard InChI is InChI=1S/C14H15FN4O/c1-19(10-4-2-3-9(15)7-10)14(20)13-11(16)12(17-18-13)8-5-6-8/h2-4,7-8H,5-6,16H2,1H3,(H,17,18). The minimum absolute atomic E-state index is 0.193. The van der Waals surface area contributed by atoms with E-state index in [4.69, 9.17) is 5.73 Å². The molecule has 1 aliphatic rings. The number of aromatic amines is 1. The average Bonchev–Trinajstić information content (AvgIpc) is 3.20. The molecule has 1 aromatic carbocycles. The molecule has 0 unspecified atom stereocenters. The zero-order valence-electron chi connectivity index (χ0n) is 11.1. The molecule has 3 rings (SSSR count). The molecule has 1 aliphatic carbocycles. The van der Waals surface area contributed by atoms with Crippen molar-refractivity contribution in [2.45, 2.75) is 18.8 Å². The molecule has 20 heavy (non-hydrogen) atoms. The Bertz CT molecular complexity index is 663. The first-order valence-corrected chi connectivity index (χ1v) is 6.45. The number of carbonyl (C=O) groups is 1. The van der Waals surface area contributed by atoms with E-state index in [1.165, 1.54) is 17.0 Å². The van der Waals surface area contributed by atoms with Gasteiger partial charge in [-0.1, -0.05) is 6.07 Å². The zero-order valence-corrected chi connectivity index (χ0v) is 11.1. The van der Waals surface area contributed by atoms with Gasteiger partial charge < -0.3 is 10.6 Å². The number of anilines is 2. The zero-order chi connectivity index (χ0) is 14.3. The molecule has 1 heterocycles. The molecular formula is C14H15FN4O. The van der Waals surface area contributed by atoms with E-state index in [1.807, 2.05) is 0 Å². The Morgan fingerprint density at radius 2 is 2.25 bits per heavy atom. The van der Waals surface area contributed by atoms with E-state index in [1.54, 1.807) is 19.2 Å². The summed E-state index contributed by atoms with van der Waals surface area (Å²) in [4.78, 5) is 13.7. The lowest BCUT2D eigenvalue weighted by atomic mass is 10.2. The molecule has 2 aromatic rings. The molecule has 0 bridgehead atoms. The number of amides is 1. The van der Waals surface area contributed by atoms with Crippen molar-refractivity contribution in [2.75, 3.05) is 17.7 Å². The second-order valence-electron chi connectivity index (χ2n) is 5.02. The minimum Gasteiger partial charge on any atom is -0.395 e. The molecule has 1 saturated carbocycles. The van der Waals surface area contributed by atoms with Gasteiger partial charge in [0.15, 0.2) is 5.69 Å². The summed E-state index contributed by atoms with van der Waals surface area (Å²) in [5.74, 6) is -0.351. The maximum Gasteiger partial charge on any atom is 0.280 e. The number of halogens is 1. The number of H-pyrrole nitrogens is 1. The molecule has 0 spiro atoms. The maximum atomic E-state index is 13.2. The van der Waals surface area contributed by atoms with E-state index < -0.39 is 5.82 Å². The summed E-state index contributed by atoms with van der Waals surface area (Å²) >= 11 is 0. The maximum absolute atomic E-state index is 13.2. The van der Waals surface area contributed by atoms with Gasteiger partial charge in [0.25, 0.3) is 5.91 Å². The Hall–Kier alpha value is -2.37. The Balaban J connectivity index is 1.88. The van der Waals surface area contributed by atoms with Crippen LogP contribution in [0.15, 0.2) is 24.3 Å². The predicted octanol–water partition coefficient (Wildman–Crippen LogP) is 2.29. The van der Waals surface area contributed by atoms with Gasteiger partial charge in [0, 0.05) is 18.7 Å². The number of nitrogen functional groups attached to an aromatic ring is 1. The second kappa shape index (κ2) is 4.63. The highest BCUT2D eigenvalue weighted by molar-refractivity contribution is 6.07. The quantitative estimate of drug-likeness (QED) is 0.901. The van der Waals surface area contributed by atoms with Crippen LogP contribution in [0.5, 0.6) is 0 Å². The highest BCUT2D eigenvalue weighted by Gasteiger charge is 2.31. The number of nitrogens with zero attached hydrogens (tertiary/aromatic N) is 2. The molecule has 104 valence electrons. The van der Waals surface area contributed by atoms with Crippen molar-refractivity contribution in [3.05, 3.63) is 41.5 Å². The van der Waals surface area contributed by atoms with Gasteiger partial charge in [0.05, 0.1) is 11.4 Å². The fourth-order valence-electron chi connectivity index (χ4n) is 2.17. The predicted molar refractivity (Wildman–Crippen MR) is 74.1 cm³/mol. The molecule has 0 aliphatic heterocycles. The first-order chi connectivity index (χ1) is 9.58. The molecule has 0 radical (unpaired) electrons. The number of hydrogen-bond donors (Lipinski definition) is 2. The number of nitrogens with one attached hydrogen (secondary N) is 1. The van der Waals surface area contributed by atoms with E-state index >= 15 is 0 Å². The minimum atomic E-state index is -0.393. The van der Waals surface area contributed by atoms with Crippen molar-refractivity contribution < 1.29 is 9.18 Å². The highest BCUT2D eigenvalue weighted by atomic mass is 19.1. The number of hydrogen-bond acceptors (Lipinski definition) is 3. The van der Waals surface area contributed by atoms with E-state index in [9.17, 15) is 9.18 Å². The lowest BCUT2D eigenvalue weighted by Gasteiger charge is -2.16. The van der Waals surface area contributed by atoms with E-state index in [0.717, 1.165) is 18.5 Å². The number of nitrogens with two attached hydrogens (primary N) is 1. The van der Waals surface area contributed by atoms with Gasteiger partial charge in [-0.15, -0.1) is 0 Å². The van der Waals surface area contributed by atoms with Crippen molar-refractivity contribution >= 4 is 17.3 Å². The molecule has 1 amide bonds. The average molecular weight is 274 g/mol. The van der Waals surface area contributed by atoms with Gasteiger partial charge in [0.2, 0.25) is 0 Å². The van der Waals surface area contributed by atoms with Gasteiger partial charge in [-0.2, -0.15) is 5.10 Å². The first-order valence-electron chi connectivity index (χ1n) is 6.45. The summed E-state index contributed by atoms with van der Waals surface area (Å²) in [6.07, 6.45) is 2.14. The molecule has 0 saturated heterocycles. The Morgan fingerprint density at radius 3 is 2.90 bits per heavy atom. The Kier molecular flexibility index (Phi) is 2.93. The summed E-state index contributed by atoms with van der Waals surface area (Å²) in [7, 11) is 1.57. The molecule has 1 fully saturated rings. The smallest absolute Gasteiger partial charge is 0.280 e. The van der Waals surface area contributed by atoms with Crippen molar-refractivity contribution in [1.82, 2.24) is 10.2 Å². The van der Waals surface area contributed by atoms with Crippen LogP contribution in [0.2, 0.25) is 0 Å². The summed E-state index contributed by atoms with van der Waals surface area (Å²) in [5.41, 5.74) is 7.87. The molecule has 6 heteroatoms. The first kappa shape index (κ1) is 12.7. The molecular weight excluding hydrogens is 259 g/mol. The summed E-state index contributed by atoms with van der Waals surface area (Å²) < 4.78 is 13.2. The van der Waals surface area contributed by atoms with Crippen LogP contribution in [-0.4, -0.2) is 23.2 Å². The molecule has 0 atom stereocenters. The van der Waals surface area contributed by atoms with E-state index in [2.05, 4.69) is 10.2 Å². The lowest BCUT2D eigenvalue weighted by Crippen LogP contribution is -2.27. The fraction of sp³-hybridized carbons (Fsp3) is 0.286. The number of rotatable bonds is 3. The summed E-state index contributed by atoms with van der Waals surface area (Å²) in [6, 6.07) is 5.84. The third kappa shape index (κ3) is 2.13. The molecule has 5 nitrogen and oxygen atoms in total. The van der Waals surface area contributed by atoms with E-state index in [-0.39, 0.29) is 11.6 Å². The largest absolute Gasteiger partial charge is 0.395 e. The normalized spacial score (nSPS) is 14.3. The van der Waals surface area contributed by atoms with Crippen LogP contribution >= 0.6 is 0 Å². The molecule has 1 aromatic heterocycles. The SMILES string of the molecule is CN(C(=O)c1n[nH]c(C2CC2)c1N)c1cccc(F)c1. The lowest BCUT2D eigenvalue weighted by molar-refractivity contribution is 0.0989. The summed E-state index contributed by atoms with van der Waals surface area (Å²) in [5, 5.41) is 6.85. The third-order valence-electron chi connectivity index (χ3n) is 3.52. The molecule has 3 N–H and O–H groups in total. The van der Waals surface area contributed by atoms with Crippen LogP contribution in [0.4, 0.5) is 15.8 Å². The van der Waals surface area contributed by atoms with E-state index in [0.29, 0.717) is 17.3 Å². The number of benzene rings is 1. The fourth-order valence-corrected chi connectivity index (χ4v) is 2.17. The van der Waals surface area contributed by atoms with Gasteiger partial charge in [-0.25, -0.2) is 4.39 Å². The van der Waals surface area contributed by atoms with Crippen LogP contribution < -0.4 is 10.6 Å². The number of aromatic nitrogens is 2. The van der Waals surface area contributed by atoms with Crippen molar-refractivity contribution in [1.29, 1.82) is 0 Å². The van der Waals surface area contributed by atoms with Gasteiger partial charge in [-0.3, -0.25) is 9.89 Å². The number of carbonyl (C=O) groups excluding carboxylic acids is 1. The van der Waals surface area contributed by atoms with Crippen molar-refractivity contribution in [3.63, 3.8) is 0 Å².